The van der Waals surface area contributed by atoms with Gasteiger partial charge in [-0.15, -0.1) is 0 Å². The molecule has 0 unspecified atom stereocenters. The molecular weight excluding hydrogens is 477 g/mol. The highest BCUT2D eigenvalue weighted by molar-refractivity contribution is 6.42. The number of carbonyl (C=O) groups is 2. The van der Waals surface area contributed by atoms with E-state index in [2.05, 4.69) is 15.8 Å². The van der Waals surface area contributed by atoms with Crippen molar-refractivity contribution in [1.29, 1.82) is 0 Å². The molecule has 0 aromatic heterocycles. The maximum atomic E-state index is 12.1. The number of amides is 2. The van der Waals surface area contributed by atoms with Crippen LogP contribution in [0.5, 0.6) is 11.5 Å². The monoisotopic (exact) mass is 499 g/mol. The molecule has 2 amide bonds. The number of halogens is 2. The lowest BCUT2D eigenvalue weighted by Gasteiger charge is -2.09. The fraction of sp³-hybridized carbons (Fsp3) is 0.160. The highest BCUT2D eigenvalue weighted by atomic mass is 35.5. The Labute approximate surface area is 207 Å². The van der Waals surface area contributed by atoms with Crippen molar-refractivity contribution in [3.05, 3.63) is 87.9 Å². The summed E-state index contributed by atoms with van der Waals surface area (Å²) in [5, 5.41) is 7.64. The Morgan fingerprint density at radius 3 is 2.41 bits per heavy atom. The number of carbonyl (C=O) groups excluding carboxylic acids is 2. The molecule has 0 atom stereocenters. The average Bonchev–Trinajstić information content (AvgIpc) is 2.84. The molecule has 0 bridgehead atoms. The van der Waals surface area contributed by atoms with Crippen LogP contribution in [0.25, 0.3) is 0 Å². The van der Waals surface area contributed by atoms with Crippen molar-refractivity contribution in [3.63, 3.8) is 0 Å². The van der Waals surface area contributed by atoms with Crippen molar-refractivity contribution in [2.45, 2.75) is 19.4 Å². The summed E-state index contributed by atoms with van der Waals surface area (Å²) in [4.78, 5) is 24.1. The summed E-state index contributed by atoms with van der Waals surface area (Å²) < 4.78 is 10.9. The zero-order chi connectivity index (χ0) is 24.3. The number of nitrogens with one attached hydrogen (secondary N) is 2. The topological polar surface area (TPSA) is 89.0 Å². The molecule has 3 aromatic carbocycles. The largest absolute Gasteiger partial charge is 0.497 e. The van der Waals surface area contributed by atoms with Crippen molar-refractivity contribution in [2.24, 2.45) is 5.10 Å². The summed E-state index contributed by atoms with van der Waals surface area (Å²) in [6.07, 6.45) is 1.50. The Morgan fingerprint density at radius 2 is 1.68 bits per heavy atom. The number of hydrogen-bond acceptors (Lipinski definition) is 5. The fourth-order valence-electron chi connectivity index (χ4n) is 2.86. The predicted octanol–water partition coefficient (Wildman–Crippen LogP) is 5.45. The smallest absolute Gasteiger partial charge is 0.240 e. The van der Waals surface area contributed by atoms with Crippen LogP contribution >= 0.6 is 23.2 Å². The maximum absolute atomic E-state index is 12.1. The van der Waals surface area contributed by atoms with Gasteiger partial charge in [-0.1, -0.05) is 41.4 Å². The molecule has 0 fully saturated rings. The van der Waals surface area contributed by atoms with Gasteiger partial charge in [0.1, 0.15) is 18.1 Å². The molecule has 176 valence electrons. The average molecular weight is 500 g/mol. The normalized spacial score (nSPS) is 10.7. The highest BCUT2D eigenvalue weighted by Gasteiger charge is 2.08. The van der Waals surface area contributed by atoms with Gasteiger partial charge in [-0.05, 0) is 54.1 Å². The number of anilines is 1. The molecule has 0 saturated carbocycles. The van der Waals surface area contributed by atoms with Crippen molar-refractivity contribution < 1.29 is 19.1 Å². The Morgan fingerprint density at radius 1 is 0.941 bits per heavy atom. The second kappa shape index (κ2) is 12.6. The molecule has 0 aliphatic heterocycles. The molecule has 9 heteroatoms. The Kier molecular flexibility index (Phi) is 9.31. The number of benzene rings is 3. The second-order valence-electron chi connectivity index (χ2n) is 7.14. The summed E-state index contributed by atoms with van der Waals surface area (Å²) in [5.41, 5.74) is 4.60. The van der Waals surface area contributed by atoms with Gasteiger partial charge in [0.05, 0.1) is 23.4 Å². The molecule has 0 heterocycles. The van der Waals surface area contributed by atoms with Crippen LogP contribution in [-0.4, -0.2) is 25.1 Å². The van der Waals surface area contributed by atoms with E-state index in [0.717, 1.165) is 5.56 Å². The molecule has 0 aliphatic rings. The van der Waals surface area contributed by atoms with Gasteiger partial charge in [-0.2, -0.15) is 5.10 Å². The Balaban J connectivity index is 1.46. The van der Waals surface area contributed by atoms with E-state index in [1.165, 1.54) is 6.21 Å². The molecule has 0 aliphatic carbocycles. The van der Waals surface area contributed by atoms with Gasteiger partial charge in [-0.3, -0.25) is 9.59 Å². The van der Waals surface area contributed by atoms with E-state index in [4.69, 9.17) is 32.7 Å². The van der Waals surface area contributed by atoms with Crippen molar-refractivity contribution in [2.75, 3.05) is 12.4 Å². The number of rotatable bonds is 10. The molecule has 0 saturated heterocycles. The van der Waals surface area contributed by atoms with E-state index in [9.17, 15) is 9.59 Å². The van der Waals surface area contributed by atoms with Crippen molar-refractivity contribution in [1.82, 2.24) is 5.43 Å². The number of hydrazone groups is 1. The van der Waals surface area contributed by atoms with E-state index in [0.29, 0.717) is 32.8 Å². The van der Waals surface area contributed by atoms with E-state index >= 15 is 0 Å². The van der Waals surface area contributed by atoms with Gasteiger partial charge >= 0.3 is 0 Å². The standard InChI is InChI=1S/C25H23Cl2N3O4/c1-33-20-9-7-19(8-10-20)29-24(31)12-13-25(32)30-28-15-18-4-2-3-5-23(18)34-16-17-6-11-21(26)22(27)14-17/h2-11,14-15H,12-13,16H2,1H3,(H,29,31)(H,30,32). The van der Waals surface area contributed by atoms with Crippen LogP contribution in [0.3, 0.4) is 0 Å². The van der Waals surface area contributed by atoms with Crippen LogP contribution in [-0.2, 0) is 16.2 Å². The minimum atomic E-state index is -0.379. The van der Waals surface area contributed by atoms with E-state index in [1.807, 2.05) is 24.3 Å². The summed E-state index contributed by atoms with van der Waals surface area (Å²) in [7, 11) is 1.57. The number of nitrogens with zero attached hydrogens (tertiary/aromatic N) is 1. The van der Waals surface area contributed by atoms with Crippen LogP contribution in [0.2, 0.25) is 10.0 Å². The lowest BCUT2D eigenvalue weighted by molar-refractivity contribution is -0.124. The van der Waals surface area contributed by atoms with Crippen LogP contribution in [0, 0.1) is 0 Å². The van der Waals surface area contributed by atoms with E-state index < -0.39 is 0 Å². The number of para-hydroxylation sites is 1. The summed E-state index contributed by atoms with van der Waals surface area (Å²) in [5.74, 6) is 0.628. The summed E-state index contributed by atoms with van der Waals surface area (Å²) in [6, 6.07) is 19.5. The van der Waals surface area contributed by atoms with Gasteiger partial charge in [0.15, 0.2) is 0 Å². The van der Waals surface area contributed by atoms with Crippen molar-refractivity contribution in [3.8, 4) is 11.5 Å². The molecule has 3 aromatic rings. The zero-order valence-corrected chi connectivity index (χ0v) is 19.9. The lowest BCUT2D eigenvalue weighted by atomic mass is 10.2. The predicted molar refractivity (Wildman–Crippen MR) is 134 cm³/mol. The van der Waals surface area contributed by atoms with Gasteiger partial charge in [0, 0.05) is 24.1 Å². The number of ether oxygens (including phenoxy) is 2. The molecule has 0 radical (unpaired) electrons. The van der Waals surface area contributed by atoms with Gasteiger partial charge in [-0.25, -0.2) is 5.43 Å². The van der Waals surface area contributed by atoms with Crippen molar-refractivity contribution >= 4 is 46.9 Å². The summed E-state index contributed by atoms with van der Waals surface area (Å²) >= 11 is 12.0. The maximum Gasteiger partial charge on any atom is 0.240 e. The summed E-state index contributed by atoms with van der Waals surface area (Å²) in [6.45, 7) is 0.289. The SMILES string of the molecule is COc1ccc(NC(=O)CCC(=O)NN=Cc2ccccc2OCc2ccc(Cl)c(Cl)c2)cc1. The minimum Gasteiger partial charge on any atom is -0.497 e. The lowest BCUT2D eigenvalue weighted by Crippen LogP contribution is -2.20. The quantitative estimate of drug-likeness (QED) is 0.286. The Hall–Kier alpha value is -3.55. The van der Waals surface area contributed by atoms with Gasteiger partial charge < -0.3 is 14.8 Å². The molecule has 34 heavy (non-hydrogen) atoms. The third kappa shape index (κ3) is 7.79. The molecule has 3 rings (SSSR count). The first-order chi connectivity index (χ1) is 16.4. The van der Waals surface area contributed by atoms with E-state index in [1.54, 1.807) is 49.6 Å². The van der Waals surface area contributed by atoms with E-state index in [-0.39, 0.29) is 31.3 Å². The molecular formula is C25H23Cl2N3O4. The molecule has 2 N–H and O–H groups in total. The highest BCUT2D eigenvalue weighted by Crippen LogP contribution is 2.24. The number of hydrogen-bond donors (Lipinski definition) is 2. The fourth-order valence-corrected chi connectivity index (χ4v) is 3.18. The number of methoxy groups -OCH3 is 1. The van der Waals surface area contributed by atoms with Crippen LogP contribution < -0.4 is 20.2 Å². The first-order valence-corrected chi connectivity index (χ1v) is 11.1. The molecule has 7 nitrogen and oxygen atoms in total. The zero-order valence-electron chi connectivity index (χ0n) is 18.4. The third-order valence-electron chi connectivity index (χ3n) is 4.64. The van der Waals surface area contributed by atoms with Crippen LogP contribution in [0.1, 0.15) is 24.0 Å². The van der Waals surface area contributed by atoms with Crippen LogP contribution in [0.4, 0.5) is 5.69 Å². The third-order valence-corrected chi connectivity index (χ3v) is 5.38. The minimum absolute atomic E-state index is 0.00516. The molecule has 0 spiro atoms. The first kappa shape index (κ1) is 25.1. The first-order valence-electron chi connectivity index (χ1n) is 10.4. The van der Waals surface area contributed by atoms with Crippen LogP contribution in [0.15, 0.2) is 71.8 Å². The Bertz CT molecular complexity index is 1170. The van der Waals surface area contributed by atoms with Gasteiger partial charge in [0.2, 0.25) is 11.8 Å². The van der Waals surface area contributed by atoms with Gasteiger partial charge in [0.25, 0.3) is 0 Å². The second-order valence-corrected chi connectivity index (χ2v) is 7.96.